The van der Waals surface area contributed by atoms with E-state index in [9.17, 15) is 13.2 Å². The van der Waals surface area contributed by atoms with E-state index < -0.39 is 12.4 Å². The fraction of sp³-hybridized carbons (Fsp3) is 0.632. The molecule has 2 saturated heterocycles. The van der Waals surface area contributed by atoms with Crippen LogP contribution in [-0.4, -0.2) is 49.7 Å². The van der Waals surface area contributed by atoms with Crippen molar-refractivity contribution in [3.63, 3.8) is 0 Å². The Balaban J connectivity index is 1.60. The standard InChI is InChI=1S/C19H27F3N4O/c1-23-19(25-12-9-13-5-3-6-14(10-12)26(13)2)24-11-15-16(20)7-4-8-17(15)27-18(21)22/h4,7-8,12-14,18H,3,5-6,9-11H2,1-2H3,(H2,23,24,25). The molecule has 0 amide bonds. The van der Waals surface area contributed by atoms with Crippen LogP contribution in [0.15, 0.2) is 23.2 Å². The van der Waals surface area contributed by atoms with Crippen LogP contribution in [0.4, 0.5) is 13.2 Å². The quantitative estimate of drug-likeness (QED) is 0.605. The molecular formula is C19H27F3N4O. The Morgan fingerprint density at radius 1 is 1.30 bits per heavy atom. The van der Waals surface area contributed by atoms with Crippen LogP contribution in [0.2, 0.25) is 0 Å². The molecule has 0 spiro atoms. The van der Waals surface area contributed by atoms with Gasteiger partial charge in [0.15, 0.2) is 5.96 Å². The van der Waals surface area contributed by atoms with Crippen LogP contribution >= 0.6 is 0 Å². The number of halogens is 3. The number of ether oxygens (including phenoxy) is 1. The lowest BCUT2D eigenvalue weighted by Crippen LogP contribution is -2.56. The van der Waals surface area contributed by atoms with E-state index in [-0.39, 0.29) is 17.9 Å². The second-order valence-electron chi connectivity index (χ2n) is 7.24. The Hall–Kier alpha value is -1.96. The van der Waals surface area contributed by atoms with Gasteiger partial charge >= 0.3 is 6.61 Å². The summed E-state index contributed by atoms with van der Waals surface area (Å²) in [5.74, 6) is -0.222. The minimum atomic E-state index is -3.00. The monoisotopic (exact) mass is 384 g/mol. The van der Waals surface area contributed by atoms with Gasteiger partial charge < -0.3 is 20.3 Å². The highest BCUT2D eigenvalue weighted by atomic mass is 19.3. The molecule has 150 valence electrons. The van der Waals surface area contributed by atoms with Crippen LogP contribution in [0.3, 0.4) is 0 Å². The number of fused-ring (bicyclic) bond motifs is 2. The Morgan fingerprint density at radius 2 is 2.00 bits per heavy atom. The summed E-state index contributed by atoms with van der Waals surface area (Å²) in [6.07, 6.45) is 5.77. The minimum Gasteiger partial charge on any atom is -0.434 e. The summed E-state index contributed by atoms with van der Waals surface area (Å²) in [4.78, 5) is 6.68. The van der Waals surface area contributed by atoms with Gasteiger partial charge in [0, 0.05) is 37.3 Å². The van der Waals surface area contributed by atoms with E-state index >= 15 is 0 Å². The lowest BCUT2D eigenvalue weighted by atomic mass is 9.82. The largest absolute Gasteiger partial charge is 0.434 e. The van der Waals surface area contributed by atoms with Crippen molar-refractivity contribution in [2.75, 3.05) is 14.1 Å². The maximum absolute atomic E-state index is 14.1. The molecule has 2 fully saturated rings. The van der Waals surface area contributed by atoms with E-state index in [1.165, 1.54) is 37.5 Å². The highest BCUT2D eigenvalue weighted by molar-refractivity contribution is 5.80. The zero-order valence-corrected chi connectivity index (χ0v) is 15.7. The maximum atomic E-state index is 14.1. The molecule has 2 aliphatic heterocycles. The van der Waals surface area contributed by atoms with Crippen molar-refractivity contribution in [3.05, 3.63) is 29.6 Å². The van der Waals surface area contributed by atoms with Crippen molar-refractivity contribution in [1.29, 1.82) is 0 Å². The number of nitrogens with one attached hydrogen (secondary N) is 2. The second kappa shape index (κ2) is 8.82. The van der Waals surface area contributed by atoms with Gasteiger partial charge in [-0.1, -0.05) is 12.5 Å². The molecule has 8 heteroatoms. The van der Waals surface area contributed by atoms with Crippen molar-refractivity contribution in [1.82, 2.24) is 15.5 Å². The Kier molecular flexibility index (Phi) is 6.46. The highest BCUT2D eigenvalue weighted by Gasteiger charge is 2.36. The van der Waals surface area contributed by atoms with E-state index in [0.29, 0.717) is 24.1 Å². The van der Waals surface area contributed by atoms with Gasteiger partial charge in [-0.05, 0) is 44.9 Å². The van der Waals surface area contributed by atoms with Crippen LogP contribution in [-0.2, 0) is 6.54 Å². The van der Waals surface area contributed by atoms with Crippen LogP contribution in [0.5, 0.6) is 5.75 Å². The summed E-state index contributed by atoms with van der Waals surface area (Å²) in [6.45, 7) is -2.99. The first-order valence-corrected chi connectivity index (χ1v) is 9.39. The molecule has 2 N–H and O–H groups in total. The third-order valence-corrected chi connectivity index (χ3v) is 5.63. The molecule has 2 unspecified atom stereocenters. The zero-order valence-electron chi connectivity index (χ0n) is 15.7. The smallest absolute Gasteiger partial charge is 0.387 e. The van der Waals surface area contributed by atoms with Gasteiger partial charge in [-0.15, -0.1) is 0 Å². The van der Waals surface area contributed by atoms with Crippen LogP contribution < -0.4 is 15.4 Å². The number of rotatable bonds is 5. The first-order chi connectivity index (χ1) is 13.0. The van der Waals surface area contributed by atoms with E-state index in [1.807, 2.05) is 0 Å². The summed E-state index contributed by atoms with van der Waals surface area (Å²) in [5, 5.41) is 6.43. The second-order valence-corrected chi connectivity index (χ2v) is 7.24. The average molecular weight is 384 g/mol. The molecule has 5 nitrogen and oxygen atoms in total. The number of alkyl halides is 2. The van der Waals surface area contributed by atoms with E-state index in [1.54, 1.807) is 7.05 Å². The molecule has 0 radical (unpaired) electrons. The number of hydrogen-bond acceptors (Lipinski definition) is 3. The number of hydrogen-bond donors (Lipinski definition) is 2. The third kappa shape index (κ3) is 4.86. The zero-order chi connectivity index (χ0) is 19.4. The van der Waals surface area contributed by atoms with E-state index in [0.717, 1.165) is 12.8 Å². The van der Waals surface area contributed by atoms with Gasteiger partial charge in [-0.3, -0.25) is 4.99 Å². The molecule has 0 aliphatic carbocycles. The van der Waals surface area contributed by atoms with Crippen LogP contribution in [0, 0.1) is 5.82 Å². The number of piperidine rings is 2. The molecule has 3 rings (SSSR count). The predicted octanol–water partition coefficient (Wildman–Crippen LogP) is 3.11. The molecule has 0 saturated carbocycles. The molecule has 2 bridgehead atoms. The molecular weight excluding hydrogens is 357 g/mol. The average Bonchev–Trinajstić information content (AvgIpc) is 2.60. The summed E-state index contributed by atoms with van der Waals surface area (Å²) in [6, 6.07) is 5.35. The first kappa shape index (κ1) is 19.8. The summed E-state index contributed by atoms with van der Waals surface area (Å²) < 4.78 is 43.6. The van der Waals surface area contributed by atoms with Crippen molar-refractivity contribution >= 4 is 5.96 Å². The fourth-order valence-electron chi connectivity index (χ4n) is 4.21. The summed E-state index contributed by atoms with van der Waals surface area (Å²) >= 11 is 0. The van der Waals surface area contributed by atoms with Gasteiger partial charge in [-0.2, -0.15) is 8.78 Å². The summed E-state index contributed by atoms with van der Waals surface area (Å²) in [5.41, 5.74) is 0.0565. The molecule has 2 atom stereocenters. The Labute approximate surface area is 158 Å². The maximum Gasteiger partial charge on any atom is 0.387 e. The molecule has 27 heavy (non-hydrogen) atoms. The molecule has 0 aromatic heterocycles. The number of guanidine groups is 1. The van der Waals surface area contributed by atoms with Crippen molar-refractivity contribution in [3.8, 4) is 5.75 Å². The van der Waals surface area contributed by atoms with Gasteiger partial charge in [0.05, 0.1) is 0 Å². The Morgan fingerprint density at radius 3 is 2.63 bits per heavy atom. The van der Waals surface area contributed by atoms with Gasteiger partial charge in [0.25, 0.3) is 0 Å². The van der Waals surface area contributed by atoms with Crippen LogP contribution in [0.25, 0.3) is 0 Å². The van der Waals surface area contributed by atoms with Gasteiger partial charge in [0.2, 0.25) is 0 Å². The predicted molar refractivity (Wildman–Crippen MR) is 98.6 cm³/mol. The molecule has 1 aromatic rings. The van der Waals surface area contributed by atoms with E-state index in [4.69, 9.17) is 0 Å². The SMILES string of the molecule is CN=C(NCc1c(F)cccc1OC(F)F)NC1CC2CCCC(C1)N2C. The third-order valence-electron chi connectivity index (χ3n) is 5.63. The van der Waals surface area contributed by atoms with Crippen molar-refractivity contribution in [2.45, 2.75) is 63.4 Å². The number of aliphatic imine (C=N–C) groups is 1. The molecule has 2 heterocycles. The first-order valence-electron chi connectivity index (χ1n) is 9.39. The van der Waals surface area contributed by atoms with Gasteiger partial charge in [-0.25, -0.2) is 4.39 Å². The fourth-order valence-corrected chi connectivity index (χ4v) is 4.21. The number of nitrogens with zero attached hydrogens (tertiary/aromatic N) is 2. The topological polar surface area (TPSA) is 48.9 Å². The normalized spacial score (nSPS) is 26.1. The Bertz CT molecular complexity index is 656. The lowest BCUT2D eigenvalue weighted by molar-refractivity contribution is -0.0506. The molecule has 1 aromatic carbocycles. The minimum absolute atomic E-state index is 0.00782. The van der Waals surface area contributed by atoms with Crippen molar-refractivity contribution in [2.24, 2.45) is 4.99 Å². The molecule has 2 aliphatic rings. The van der Waals surface area contributed by atoms with Crippen molar-refractivity contribution < 1.29 is 17.9 Å². The van der Waals surface area contributed by atoms with E-state index in [2.05, 4.69) is 32.3 Å². The van der Waals surface area contributed by atoms with Gasteiger partial charge in [0.1, 0.15) is 11.6 Å². The number of benzene rings is 1. The lowest BCUT2D eigenvalue weighted by Gasteiger charge is -2.47. The highest BCUT2D eigenvalue weighted by Crippen LogP contribution is 2.32. The summed E-state index contributed by atoms with van der Waals surface area (Å²) in [7, 11) is 3.84. The van der Waals surface area contributed by atoms with Crippen LogP contribution in [0.1, 0.15) is 37.7 Å².